The lowest BCUT2D eigenvalue weighted by Gasteiger charge is -2.18. The molecule has 2 heterocycles. The number of rotatable bonds is 3. The van der Waals surface area contributed by atoms with Gasteiger partial charge in [0.1, 0.15) is 11.6 Å². The molecule has 0 saturated carbocycles. The predicted molar refractivity (Wildman–Crippen MR) is 93.6 cm³/mol. The molecule has 0 saturated heterocycles. The van der Waals surface area contributed by atoms with E-state index in [1.807, 2.05) is 25.1 Å². The molecule has 2 aromatic carbocycles. The van der Waals surface area contributed by atoms with E-state index in [1.165, 1.54) is 11.6 Å². The number of nitrogens with one attached hydrogen (secondary N) is 1. The van der Waals surface area contributed by atoms with Gasteiger partial charge in [0.2, 0.25) is 5.95 Å². The van der Waals surface area contributed by atoms with Gasteiger partial charge in [0.15, 0.2) is 0 Å². The van der Waals surface area contributed by atoms with Crippen LogP contribution in [0.5, 0.6) is 0 Å². The maximum atomic E-state index is 13.9. The van der Waals surface area contributed by atoms with Gasteiger partial charge in [0, 0.05) is 24.0 Å². The Hall–Kier alpha value is -2.95. The molecule has 0 spiro atoms. The molecule has 0 radical (unpaired) electrons. The molecule has 1 aliphatic heterocycles. The van der Waals surface area contributed by atoms with Crippen molar-refractivity contribution < 1.29 is 4.39 Å². The summed E-state index contributed by atoms with van der Waals surface area (Å²) < 4.78 is 13.9. The van der Waals surface area contributed by atoms with E-state index < -0.39 is 0 Å². The summed E-state index contributed by atoms with van der Waals surface area (Å²) >= 11 is 0. The first-order valence-electron chi connectivity index (χ1n) is 7.93. The predicted octanol–water partition coefficient (Wildman–Crippen LogP) is 4.36. The number of aromatic nitrogens is 2. The van der Waals surface area contributed by atoms with Gasteiger partial charge in [-0.3, -0.25) is 0 Å². The number of anilines is 4. The van der Waals surface area contributed by atoms with Crippen LogP contribution >= 0.6 is 0 Å². The normalized spacial score (nSPS) is 13.0. The van der Waals surface area contributed by atoms with Gasteiger partial charge in [-0.05, 0) is 37.1 Å². The molecule has 1 aliphatic rings. The Balaban J connectivity index is 1.69. The highest BCUT2D eigenvalue weighted by molar-refractivity contribution is 5.67. The van der Waals surface area contributed by atoms with Crippen molar-refractivity contribution in [3.8, 4) is 0 Å². The number of benzene rings is 2. The molecule has 120 valence electrons. The summed E-state index contributed by atoms with van der Waals surface area (Å²) in [4.78, 5) is 11.3. The van der Waals surface area contributed by atoms with E-state index in [4.69, 9.17) is 0 Å². The second kappa shape index (κ2) is 5.92. The smallest absolute Gasteiger partial charge is 0.232 e. The van der Waals surface area contributed by atoms with E-state index in [9.17, 15) is 4.39 Å². The van der Waals surface area contributed by atoms with Crippen LogP contribution in [0.25, 0.3) is 0 Å². The maximum Gasteiger partial charge on any atom is 0.232 e. The lowest BCUT2D eigenvalue weighted by Crippen LogP contribution is -2.17. The summed E-state index contributed by atoms with van der Waals surface area (Å²) in [5.41, 5.74) is 3.68. The van der Waals surface area contributed by atoms with E-state index >= 15 is 0 Å². The highest BCUT2D eigenvalue weighted by Crippen LogP contribution is 2.33. The van der Waals surface area contributed by atoms with Crippen molar-refractivity contribution in [1.82, 2.24) is 9.97 Å². The summed E-state index contributed by atoms with van der Waals surface area (Å²) in [6, 6.07) is 16.7. The van der Waals surface area contributed by atoms with Crippen molar-refractivity contribution in [3.05, 3.63) is 71.7 Å². The molecular weight excluding hydrogens is 303 g/mol. The molecule has 0 amide bonds. The zero-order chi connectivity index (χ0) is 16.5. The maximum absolute atomic E-state index is 13.9. The van der Waals surface area contributed by atoms with Gasteiger partial charge < -0.3 is 10.2 Å². The molecule has 0 bridgehead atoms. The van der Waals surface area contributed by atoms with Crippen LogP contribution in [0.2, 0.25) is 0 Å². The Morgan fingerprint density at radius 3 is 2.71 bits per heavy atom. The molecule has 0 unspecified atom stereocenters. The second-order valence-corrected chi connectivity index (χ2v) is 5.83. The van der Waals surface area contributed by atoms with Gasteiger partial charge in [0.05, 0.1) is 5.69 Å². The van der Waals surface area contributed by atoms with Crippen molar-refractivity contribution >= 4 is 23.1 Å². The van der Waals surface area contributed by atoms with E-state index in [1.54, 1.807) is 18.2 Å². The molecule has 0 atom stereocenters. The van der Waals surface area contributed by atoms with Crippen LogP contribution < -0.4 is 10.2 Å². The van der Waals surface area contributed by atoms with Gasteiger partial charge in [0.25, 0.3) is 0 Å². The molecule has 4 nitrogen and oxygen atoms in total. The fraction of sp³-hybridized carbons (Fsp3) is 0.158. The largest absolute Gasteiger partial charge is 0.338 e. The summed E-state index contributed by atoms with van der Waals surface area (Å²) in [5.74, 6) is 0.924. The first kappa shape index (κ1) is 14.6. The van der Waals surface area contributed by atoms with E-state index in [2.05, 4.69) is 32.3 Å². The van der Waals surface area contributed by atoms with Crippen LogP contribution in [0.4, 0.5) is 27.5 Å². The number of nitrogens with zero attached hydrogens (tertiary/aromatic N) is 3. The lowest BCUT2D eigenvalue weighted by atomic mass is 10.2. The van der Waals surface area contributed by atoms with E-state index in [0.29, 0.717) is 17.5 Å². The Bertz CT molecular complexity index is 894. The zero-order valence-electron chi connectivity index (χ0n) is 13.3. The van der Waals surface area contributed by atoms with Crippen molar-refractivity contribution in [2.24, 2.45) is 0 Å². The zero-order valence-corrected chi connectivity index (χ0v) is 13.3. The minimum absolute atomic E-state index is 0.304. The number of hydrogen-bond acceptors (Lipinski definition) is 4. The van der Waals surface area contributed by atoms with Crippen molar-refractivity contribution in [2.45, 2.75) is 13.3 Å². The molecule has 0 fully saturated rings. The van der Waals surface area contributed by atoms with Crippen molar-refractivity contribution in [2.75, 3.05) is 16.8 Å². The van der Waals surface area contributed by atoms with Gasteiger partial charge in [-0.15, -0.1) is 0 Å². The summed E-state index contributed by atoms with van der Waals surface area (Å²) in [7, 11) is 0. The first-order valence-corrected chi connectivity index (χ1v) is 7.93. The van der Waals surface area contributed by atoms with Crippen molar-refractivity contribution in [1.29, 1.82) is 0 Å². The van der Waals surface area contributed by atoms with E-state index in [0.717, 1.165) is 24.3 Å². The number of halogens is 1. The van der Waals surface area contributed by atoms with Crippen LogP contribution in [0, 0.1) is 12.7 Å². The average molecular weight is 320 g/mol. The third-order valence-electron chi connectivity index (χ3n) is 4.11. The summed E-state index contributed by atoms with van der Waals surface area (Å²) in [6.45, 7) is 2.77. The Morgan fingerprint density at radius 1 is 1.04 bits per heavy atom. The number of aryl methyl sites for hydroxylation is 1. The number of fused-ring (bicyclic) bond motifs is 1. The molecule has 3 aromatic rings. The minimum atomic E-state index is -0.304. The third-order valence-corrected chi connectivity index (χ3v) is 4.11. The molecule has 1 N–H and O–H groups in total. The molecule has 0 aliphatic carbocycles. The minimum Gasteiger partial charge on any atom is -0.338 e. The van der Waals surface area contributed by atoms with Gasteiger partial charge in [-0.2, -0.15) is 4.98 Å². The van der Waals surface area contributed by atoms with Gasteiger partial charge in [-0.1, -0.05) is 30.3 Å². The van der Waals surface area contributed by atoms with Gasteiger partial charge >= 0.3 is 0 Å². The SMILES string of the molecule is Cc1cc(Nc2ccccc2F)nc(N2CCc3ccccc32)n1. The molecule has 5 heteroatoms. The monoisotopic (exact) mass is 320 g/mol. The standard InChI is InChI=1S/C19H17FN4/c1-13-12-18(22-16-8-4-3-7-15(16)20)23-19(21-13)24-11-10-14-6-2-5-9-17(14)24/h2-9,12H,10-11H2,1H3,(H,21,22,23). The fourth-order valence-corrected chi connectivity index (χ4v) is 2.98. The lowest BCUT2D eigenvalue weighted by molar-refractivity contribution is 0.632. The van der Waals surface area contributed by atoms with Crippen LogP contribution in [0.1, 0.15) is 11.3 Å². The molecular formula is C19H17FN4. The van der Waals surface area contributed by atoms with Crippen LogP contribution in [-0.2, 0) is 6.42 Å². The molecule has 4 rings (SSSR count). The quantitative estimate of drug-likeness (QED) is 0.778. The van der Waals surface area contributed by atoms with Crippen LogP contribution in [-0.4, -0.2) is 16.5 Å². The third kappa shape index (κ3) is 2.69. The van der Waals surface area contributed by atoms with E-state index in [-0.39, 0.29) is 5.82 Å². The fourth-order valence-electron chi connectivity index (χ4n) is 2.98. The molecule has 1 aromatic heterocycles. The second-order valence-electron chi connectivity index (χ2n) is 5.83. The van der Waals surface area contributed by atoms with Crippen LogP contribution in [0.3, 0.4) is 0 Å². The van der Waals surface area contributed by atoms with Gasteiger partial charge in [-0.25, -0.2) is 9.37 Å². The Kier molecular flexibility index (Phi) is 3.61. The van der Waals surface area contributed by atoms with Crippen molar-refractivity contribution in [3.63, 3.8) is 0 Å². The summed E-state index contributed by atoms with van der Waals surface area (Å²) in [5, 5.41) is 3.05. The van der Waals surface area contributed by atoms with Crippen LogP contribution in [0.15, 0.2) is 54.6 Å². The Labute approximate surface area is 140 Å². The topological polar surface area (TPSA) is 41.1 Å². The first-order chi connectivity index (χ1) is 11.7. The highest BCUT2D eigenvalue weighted by atomic mass is 19.1. The highest BCUT2D eigenvalue weighted by Gasteiger charge is 2.22. The summed E-state index contributed by atoms with van der Waals surface area (Å²) in [6.07, 6.45) is 0.976. The number of hydrogen-bond donors (Lipinski definition) is 1. The molecule has 24 heavy (non-hydrogen) atoms. The average Bonchev–Trinajstić information content (AvgIpc) is 3.01. The Morgan fingerprint density at radius 2 is 1.83 bits per heavy atom. The number of para-hydroxylation sites is 2.